The summed E-state index contributed by atoms with van der Waals surface area (Å²) in [4.78, 5) is 23.7. The topological polar surface area (TPSA) is 58.2 Å². The zero-order valence-corrected chi connectivity index (χ0v) is 11.8. The fraction of sp³-hybridized carbons (Fsp3) is 0.846. The van der Waals surface area contributed by atoms with E-state index < -0.39 is 6.04 Å². The van der Waals surface area contributed by atoms with Crippen LogP contribution in [0, 0.1) is 11.8 Å². The summed E-state index contributed by atoms with van der Waals surface area (Å²) in [6.07, 6.45) is 0. The van der Waals surface area contributed by atoms with Crippen LogP contribution in [-0.4, -0.2) is 30.3 Å². The molecule has 0 saturated carbocycles. The second-order valence-electron chi connectivity index (χ2n) is 5.07. The van der Waals surface area contributed by atoms with Gasteiger partial charge in [0.1, 0.15) is 0 Å². The maximum atomic E-state index is 12.0. The lowest BCUT2D eigenvalue weighted by Crippen LogP contribution is -2.51. The third-order valence-corrected chi connectivity index (χ3v) is 2.73. The molecule has 0 fully saturated rings. The average molecular weight is 242 g/mol. The summed E-state index contributed by atoms with van der Waals surface area (Å²) in [6.45, 7) is 12.1. The van der Waals surface area contributed by atoms with Crippen LogP contribution in [0.3, 0.4) is 0 Å². The van der Waals surface area contributed by atoms with Gasteiger partial charge in [0, 0.05) is 5.92 Å². The first kappa shape index (κ1) is 16.1. The lowest BCUT2D eigenvalue weighted by atomic mass is 10.0. The maximum absolute atomic E-state index is 12.0. The van der Waals surface area contributed by atoms with Gasteiger partial charge in [0.25, 0.3) is 0 Å². The minimum Gasteiger partial charge on any atom is -0.345 e. The molecular formula is C13H26N2O2. The number of nitrogens with one attached hydrogen (secondary N) is 2. The van der Waals surface area contributed by atoms with Gasteiger partial charge in [-0.1, -0.05) is 34.6 Å². The van der Waals surface area contributed by atoms with Crippen LogP contribution >= 0.6 is 0 Å². The second-order valence-corrected chi connectivity index (χ2v) is 5.07. The lowest BCUT2D eigenvalue weighted by Gasteiger charge is -2.23. The van der Waals surface area contributed by atoms with Crippen LogP contribution in [0.4, 0.5) is 0 Å². The third-order valence-electron chi connectivity index (χ3n) is 2.73. The van der Waals surface area contributed by atoms with Crippen LogP contribution in [0.25, 0.3) is 0 Å². The smallest absolute Gasteiger partial charge is 0.237 e. The molecule has 0 aromatic heterocycles. The predicted octanol–water partition coefficient (Wildman–Crippen LogP) is 1.35. The highest BCUT2D eigenvalue weighted by molar-refractivity contribution is 5.91. The first-order chi connectivity index (χ1) is 7.81. The highest BCUT2D eigenvalue weighted by Gasteiger charge is 2.25. The summed E-state index contributed by atoms with van der Waals surface area (Å²) in [6, 6.07) is -0.648. The SMILES string of the molecule is CCN[C@H](C(=O)N[C@@H](C)C(=O)C(C)C)C(C)C. The highest BCUT2D eigenvalue weighted by Crippen LogP contribution is 2.04. The number of carbonyl (C=O) groups is 2. The van der Waals surface area contributed by atoms with Gasteiger partial charge in [-0.2, -0.15) is 0 Å². The molecule has 2 N–H and O–H groups in total. The van der Waals surface area contributed by atoms with E-state index in [0.29, 0.717) is 0 Å². The Kier molecular flexibility index (Phi) is 7.04. The fourth-order valence-corrected chi connectivity index (χ4v) is 1.73. The van der Waals surface area contributed by atoms with Gasteiger partial charge in [-0.25, -0.2) is 0 Å². The Morgan fingerprint density at radius 3 is 1.94 bits per heavy atom. The molecule has 4 heteroatoms. The van der Waals surface area contributed by atoms with Crippen molar-refractivity contribution in [1.29, 1.82) is 0 Å². The molecule has 0 heterocycles. The number of likely N-dealkylation sites (N-methyl/N-ethyl adjacent to an activating group) is 1. The molecule has 0 radical (unpaired) electrons. The van der Waals surface area contributed by atoms with Crippen molar-refractivity contribution in [3.8, 4) is 0 Å². The number of amides is 1. The van der Waals surface area contributed by atoms with Crippen LogP contribution in [0.1, 0.15) is 41.5 Å². The Hall–Kier alpha value is -0.900. The molecule has 17 heavy (non-hydrogen) atoms. The molecule has 0 aromatic carbocycles. The van der Waals surface area contributed by atoms with Crippen LogP contribution in [0.5, 0.6) is 0 Å². The van der Waals surface area contributed by atoms with E-state index in [2.05, 4.69) is 10.6 Å². The van der Waals surface area contributed by atoms with Crippen LogP contribution < -0.4 is 10.6 Å². The third kappa shape index (κ3) is 5.31. The first-order valence-corrected chi connectivity index (χ1v) is 6.38. The van der Waals surface area contributed by atoms with Crippen molar-refractivity contribution in [3.05, 3.63) is 0 Å². The molecule has 2 atom stereocenters. The van der Waals surface area contributed by atoms with Crippen molar-refractivity contribution in [2.75, 3.05) is 6.54 Å². The summed E-state index contributed by atoms with van der Waals surface area (Å²) in [5, 5.41) is 5.91. The van der Waals surface area contributed by atoms with E-state index >= 15 is 0 Å². The summed E-state index contributed by atoms with van der Waals surface area (Å²) < 4.78 is 0. The van der Waals surface area contributed by atoms with E-state index in [1.165, 1.54) is 0 Å². The summed E-state index contributed by atoms with van der Waals surface area (Å²) in [5.74, 6) is 0.124. The molecule has 0 bridgehead atoms. The van der Waals surface area contributed by atoms with Crippen LogP contribution in [0.2, 0.25) is 0 Å². The normalized spacial score (nSPS) is 14.8. The summed E-state index contributed by atoms with van der Waals surface area (Å²) >= 11 is 0. The number of rotatable bonds is 7. The fourth-order valence-electron chi connectivity index (χ4n) is 1.73. The zero-order valence-electron chi connectivity index (χ0n) is 11.8. The molecular weight excluding hydrogens is 216 g/mol. The summed E-state index contributed by atoms with van der Waals surface area (Å²) in [7, 11) is 0. The van der Waals surface area contributed by atoms with Gasteiger partial charge < -0.3 is 10.6 Å². The largest absolute Gasteiger partial charge is 0.345 e. The van der Waals surface area contributed by atoms with Crippen molar-refractivity contribution in [2.24, 2.45) is 11.8 Å². The lowest BCUT2D eigenvalue weighted by molar-refractivity contribution is -0.130. The number of ketones is 1. The van der Waals surface area contributed by atoms with Gasteiger partial charge in [-0.15, -0.1) is 0 Å². The first-order valence-electron chi connectivity index (χ1n) is 6.38. The Morgan fingerprint density at radius 2 is 1.59 bits per heavy atom. The molecule has 0 aliphatic rings. The zero-order chi connectivity index (χ0) is 13.6. The molecule has 0 saturated heterocycles. The molecule has 0 aromatic rings. The molecule has 0 aliphatic heterocycles. The number of hydrogen-bond donors (Lipinski definition) is 2. The molecule has 0 spiro atoms. The predicted molar refractivity (Wildman–Crippen MR) is 69.8 cm³/mol. The Bertz CT molecular complexity index is 262. The quantitative estimate of drug-likeness (QED) is 0.708. The molecule has 4 nitrogen and oxygen atoms in total. The van der Waals surface area contributed by atoms with Gasteiger partial charge in [-0.05, 0) is 19.4 Å². The standard InChI is InChI=1S/C13H26N2O2/c1-7-14-11(8(2)3)13(17)15-10(6)12(16)9(4)5/h8-11,14H,7H2,1-6H3,(H,15,17)/t10-,11-/m0/s1. The van der Waals surface area contributed by atoms with Gasteiger partial charge >= 0.3 is 0 Å². The van der Waals surface area contributed by atoms with Crippen molar-refractivity contribution >= 4 is 11.7 Å². The minimum atomic E-state index is -0.414. The van der Waals surface area contributed by atoms with Crippen LogP contribution in [-0.2, 0) is 9.59 Å². The number of hydrogen-bond acceptors (Lipinski definition) is 3. The Morgan fingerprint density at radius 1 is 1.06 bits per heavy atom. The average Bonchev–Trinajstić information content (AvgIpc) is 2.23. The minimum absolute atomic E-state index is 0.0538. The van der Waals surface area contributed by atoms with Crippen molar-refractivity contribution in [3.63, 3.8) is 0 Å². The molecule has 0 unspecified atom stereocenters. The van der Waals surface area contributed by atoms with Crippen molar-refractivity contribution in [2.45, 2.75) is 53.6 Å². The number of carbonyl (C=O) groups excluding carboxylic acids is 2. The van der Waals surface area contributed by atoms with E-state index in [4.69, 9.17) is 0 Å². The van der Waals surface area contributed by atoms with E-state index in [0.717, 1.165) is 6.54 Å². The van der Waals surface area contributed by atoms with E-state index in [9.17, 15) is 9.59 Å². The molecule has 0 rings (SSSR count). The highest BCUT2D eigenvalue weighted by atomic mass is 16.2. The van der Waals surface area contributed by atoms with Crippen LogP contribution in [0.15, 0.2) is 0 Å². The van der Waals surface area contributed by atoms with Crippen molar-refractivity contribution in [1.82, 2.24) is 10.6 Å². The molecule has 1 amide bonds. The second kappa shape index (κ2) is 7.43. The van der Waals surface area contributed by atoms with E-state index in [1.807, 2.05) is 34.6 Å². The Labute approximate surface area is 105 Å². The molecule has 0 aliphatic carbocycles. The maximum Gasteiger partial charge on any atom is 0.237 e. The van der Waals surface area contributed by atoms with Gasteiger partial charge in [0.05, 0.1) is 12.1 Å². The van der Waals surface area contributed by atoms with E-state index in [-0.39, 0.29) is 29.6 Å². The van der Waals surface area contributed by atoms with Gasteiger partial charge in [0.15, 0.2) is 5.78 Å². The van der Waals surface area contributed by atoms with Gasteiger partial charge in [-0.3, -0.25) is 9.59 Å². The van der Waals surface area contributed by atoms with E-state index in [1.54, 1.807) is 6.92 Å². The monoisotopic (exact) mass is 242 g/mol. The summed E-state index contributed by atoms with van der Waals surface area (Å²) in [5.41, 5.74) is 0. The van der Waals surface area contributed by atoms with Crippen molar-refractivity contribution < 1.29 is 9.59 Å². The Balaban J connectivity index is 4.45. The number of Topliss-reactive ketones (excluding diaryl/α,β-unsaturated/α-hetero) is 1. The van der Waals surface area contributed by atoms with Gasteiger partial charge in [0.2, 0.25) is 5.91 Å². The molecule has 100 valence electrons.